The minimum atomic E-state index is -1.32. The Kier molecular flexibility index (Phi) is 3.77. The van der Waals surface area contributed by atoms with Gasteiger partial charge in [-0.15, -0.1) is 0 Å². The number of nitrogens with zero attached hydrogens (tertiary/aromatic N) is 1. The van der Waals surface area contributed by atoms with Crippen molar-refractivity contribution in [3.05, 3.63) is 0 Å². The maximum absolute atomic E-state index is 11.6. The van der Waals surface area contributed by atoms with Crippen molar-refractivity contribution in [3.63, 3.8) is 0 Å². The molecule has 0 spiro atoms. The first kappa shape index (κ1) is 14.2. The molecule has 0 aromatic rings. The highest BCUT2D eigenvalue weighted by Gasteiger charge is 2.55. The number of carbonyl (C=O) groups excluding carboxylic acids is 2. The van der Waals surface area contributed by atoms with Crippen molar-refractivity contribution < 1.29 is 29.6 Å². The lowest BCUT2D eigenvalue weighted by Crippen LogP contribution is -2.62. The topological polar surface area (TPSA) is 133 Å². The molecule has 0 unspecified atom stereocenters. The second-order valence-corrected chi connectivity index (χ2v) is 4.95. The van der Waals surface area contributed by atoms with Gasteiger partial charge >= 0.3 is 0 Å². The molecule has 5 N–H and O–H groups in total. The molecular weight excluding hydrogens is 256 g/mol. The zero-order chi connectivity index (χ0) is 14.3. The molecule has 0 radical (unpaired) electrons. The minimum Gasteiger partial charge on any atom is -0.394 e. The van der Waals surface area contributed by atoms with Gasteiger partial charge in [0.2, 0.25) is 11.8 Å². The fourth-order valence-corrected chi connectivity index (χ4v) is 2.94. The van der Waals surface area contributed by atoms with Gasteiger partial charge in [0.05, 0.1) is 18.8 Å². The predicted molar refractivity (Wildman–Crippen MR) is 61.7 cm³/mol. The van der Waals surface area contributed by atoms with Crippen LogP contribution in [0.25, 0.3) is 0 Å². The number of primary amides is 1. The summed E-state index contributed by atoms with van der Waals surface area (Å²) >= 11 is 0. The Bertz CT molecular complexity index is 389. The lowest BCUT2D eigenvalue weighted by molar-refractivity contribution is -0.199. The highest BCUT2D eigenvalue weighted by molar-refractivity contribution is 5.86. The van der Waals surface area contributed by atoms with Crippen molar-refractivity contribution in [1.82, 2.24) is 4.90 Å². The van der Waals surface area contributed by atoms with Crippen molar-refractivity contribution in [1.29, 1.82) is 0 Å². The first-order chi connectivity index (χ1) is 8.88. The Balaban J connectivity index is 2.30. The molecule has 0 aliphatic carbocycles. The van der Waals surface area contributed by atoms with Crippen molar-refractivity contribution in [2.45, 2.75) is 49.8 Å². The van der Waals surface area contributed by atoms with Crippen LogP contribution in [0.3, 0.4) is 0 Å². The van der Waals surface area contributed by atoms with Gasteiger partial charge in [-0.1, -0.05) is 0 Å². The summed E-state index contributed by atoms with van der Waals surface area (Å²) in [5.41, 5.74) is 5.25. The highest BCUT2D eigenvalue weighted by Crippen LogP contribution is 2.35. The molecule has 0 saturated carbocycles. The van der Waals surface area contributed by atoms with E-state index in [1.54, 1.807) is 0 Å². The number of hydrogen-bond acceptors (Lipinski definition) is 6. The fourth-order valence-electron chi connectivity index (χ4n) is 2.94. The SMILES string of the molecule is CC(=O)N1[C@H]2[C@H](O)[C@@H](O)[C@@H](CO)O[C@@H]2C[C@H]1C(N)=O. The van der Waals surface area contributed by atoms with Crippen LogP contribution in [0, 0.1) is 0 Å². The van der Waals surface area contributed by atoms with E-state index in [4.69, 9.17) is 15.6 Å². The predicted octanol–water partition coefficient (Wildman–Crippen LogP) is -3.06. The molecule has 0 aromatic carbocycles. The molecule has 2 rings (SSSR count). The number of amides is 2. The Morgan fingerprint density at radius 3 is 2.47 bits per heavy atom. The number of carbonyl (C=O) groups is 2. The number of aliphatic hydroxyl groups is 3. The zero-order valence-electron chi connectivity index (χ0n) is 10.5. The molecule has 0 aromatic heterocycles. The van der Waals surface area contributed by atoms with E-state index in [-0.39, 0.29) is 6.42 Å². The molecule has 6 atom stereocenters. The van der Waals surface area contributed by atoms with Crippen molar-refractivity contribution >= 4 is 11.8 Å². The summed E-state index contributed by atoms with van der Waals surface area (Å²) in [5, 5.41) is 29.0. The van der Waals surface area contributed by atoms with E-state index < -0.39 is 54.9 Å². The number of rotatable bonds is 2. The van der Waals surface area contributed by atoms with Crippen molar-refractivity contribution in [2.24, 2.45) is 5.73 Å². The number of likely N-dealkylation sites (tertiary alicyclic amines) is 1. The average molecular weight is 274 g/mol. The third-order valence-corrected chi connectivity index (χ3v) is 3.80. The first-order valence-corrected chi connectivity index (χ1v) is 6.09. The Morgan fingerprint density at radius 1 is 1.37 bits per heavy atom. The van der Waals surface area contributed by atoms with Gasteiger partial charge in [0, 0.05) is 13.3 Å². The summed E-state index contributed by atoms with van der Waals surface area (Å²) in [6.07, 6.45) is -4.02. The van der Waals surface area contributed by atoms with Gasteiger partial charge < -0.3 is 30.7 Å². The van der Waals surface area contributed by atoms with E-state index in [0.29, 0.717) is 0 Å². The molecule has 8 nitrogen and oxygen atoms in total. The van der Waals surface area contributed by atoms with E-state index in [0.717, 1.165) is 4.90 Å². The van der Waals surface area contributed by atoms with Crippen LogP contribution in [0.2, 0.25) is 0 Å². The van der Waals surface area contributed by atoms with Crippen molar-refractivity contribution in [2.75, 3.05) is 6.61 Å². The third-order valence-electron chi connectivity index (χ3n) is 3.80. The quantitative estimate of drug-likeness (QED) is 0.422. The molecular formula is C11H18N2O6. The lowest BCUT2D eigenvalue weighted by atomic mass is 9.93. The van der Waals surface area contributed by atoms with Gasteiger partial charge in [0.25, 0.3) is 0 Å². The van der Waals surface area contributed by atoms with Crippen LogP contribution < -0.4 is 5.73 Å². The van der Waals surface area contributed by atoms with Gasteiger partial charge in [-0.05, 0) is 0 Å². The van der Waals surface area contributed by atoms with Crippen LogP contribution in [0.5, 0.6) is 0 Å². The maximum atomic E-state index is 11.6. The minimum absolute atomic E-state index is 0.153. The molecule has 108 valence electrons. The normalized spacial score (nSPS) is 42.0. The lowest BCUT2D eigenvalue weighted by Gasteiger charge is -2.42. The summed E-state index contributed by atoms with van der Waals surface area (Å²) in [4.78, 5) is 24.2. The highest BCUT2D eigenvalue weighted by atomic mass is 16.5. The molecule has 2 amide bonds. The molecule has 2 aliphatic rings. The van der Waals surface area contributed by atoms with Gasteiger partial charge in [0.15, 0.2) is 0 Å². The average Bonchev–Trinajstić information content (AvgIpc) is 2.73. The summed E-state index contributed by atoms with van der Waals surface area (Å²) in [6.45, 7) is 0.804. The van der Waals surface area contributed by atoms with Crippen LogP contribution in [-0.2, 0) is 14.3 Å². The van der Waals surface area contributed by atoms with Gasteiger partial charge in [-0.2, -0.15) is 0 Å². The molecule has 0 bridgehead atoms. The number of fused-ring (bicyclic) bond motifs is 1. The standard InChI is InChI=1S/C11H18N2O6/c1-4(15)13-5(11(12)18)2-6-8(13)10(17)9(16)7(3-14)19-6/h5-10,14,16-17H,2-3H2,1H3,(H2,12,18)/t5-,6+,7+,8+,9-,10-/m0/s1. The van der Waals surface area contributed by atoms with E-state index >= 15 is 0 Å². The number of aliphatic hydroxyl groups excluding tert-OH is 3. The summed E-state index contributed by atoms with van der Waals surface area (Å²) in [5.74, 6) is -1.11. The molecule has 8 heteroatoms. The first-order valence-electron chi connectivity index (χ1n) is 6.09. The molecule has 2 fully saturated rings. The maximum Gasteiger partial charge on any atom is 0.240 e. The fraction of sp³-hybridized carbons (Fsp3) is 0.818. The molecule has 19 heavy (non-hydrogen) atoms. The van der Waals surface area contributed by atoms with Crippen LogP contribution >= 0.6 is 0 Å². The Morgan fingerprint density at radius 2 is 2.00 bits per heavy atom. The zero-order valence-corrected chi connectivity index (χ0v) is 10.5. The van der Waals surface area contributed by atoms with Crippen LogP contribution in [0.4, 0.5) is 0 Å². The van der Waals surface area contributed by atoms with Gasteiger partial charge in [-0.3, -0.25) is 9.59 Å². The van der Waals surface area contributed by atoms with E-state index in [9.17, 15) is 19.8 Å². The van der Waals surface area contributed by atoms with Gasteiger partial charge in [0.1, 0.15) is 24.4 Å². The van der Waals surface area contributed by atoms with Gasteiger partial charge in [-0.25, -0.2) is 0 Å². The monoisotopic (exact) mass is 274 g/mol. The Labute approximate surface area is 109 Å². The van der Waals surface area contributed by atoms with Crippen molar-refractivity contribution in [3.8, 4) is 0 Å². The Hall–Kier alpha value is -1.22. The molecule has 2 saturated heterocycles. The second-order valence-electron chi connectivity index (χ2n) is 4.95. The number of ether oxygens (including phenoxy) is 1. The third kappa shape index (κ3) is 2.20. The smallest absolute Gasteiger partial charge is 0.240 e. The largest absolute Gasteiger partial charge is 0.394 e. The second kappa shape index (κ2) is 5.04. The molecule has 2 aliphatic heterocycles. The van der Waals surface area contributed by atoms with Crippen LogP contribution in [0.1, 0.15) is 13.3 Å². The summed E-state index contributed by atoms with van der Waals surface area (Å²) < 4.78 is 5.44. The van der Waals surface area contributed by atoms with E-state index in [1.807, 2.05) is 0 Å². The van der Waals surface area contributed by atoms with E-state index in [2.05, 4.69) is 0 Å². The summed E-state index contributed by atoms with van der Waals surface area (Å²) in [7, 11) is 0. The van der Waals surface area contributed by atoms with E-state index in [1.165, 1.54) is 6.92 Å². The summed E-state index contributed by atoms with van der Waals surface area (Å²) in [6, 6.07) is -1.69. The number of hydrogen-bond donors (Lipinski definition) is 4. The number of nitrogens with two attached hydrogens (primary N) is 1. The van der Waals surface area contributed by atoms with Crippen LogP contribution in [-0.4, -0.2) is 75.1 Å². The van der Waals surface area contributed by atoms with Crippen LogP contribution in [0.15, 0.2) is 0 Å². The molecule has 2 heterocycles.